The second-order valence-corrected chi connectivity index (χ2v) is 5.84. The summed E-state index contributed by atoms with van der Waals surface area (Å²) in [6.45, 7) is 5.71. The number of nitrogens with one attached hydrogen (secondary N) is 1. The van der Waals surface area contributed by atoms with Crippen LogP contribution in [0.5, 0.6) is 0 Å². The number of nitrogens with zero attached hydrogens (tertiary/aromatic N) is 5. The third-order valence-electron chi connectivity index (χ3n) is 4.40. The van der Waals surface area contributed by atoms with Gasteiger partial charge in [0.05, 0.1) is 17.1 Å². The van der Waals surface area contributed by atoms with Gasteiger partial charge in [0, 0.05) is 32.3 Å². The minimum absolute atomic E-state index is 0.0727. The van der Waals surface area contributed by atoms with Gasteiger partial charge >= 0.3 is 0 Å². The Morgan fingerprint density at radius 2 is 2.09 bits per heavy atom. The molecule has 2 aromatic heterocycles. The van der Waals surface area contributed by atoms with E-state index < -0.39 is 0 Å². The lowest BCUT2D eigenvalue weighted by Crippen LogP contribution is -2.21. The number of hydrogen-bond donors (Lipinski definition) is 1. The first kappa shape index (κ1) is 15.9. The Hall–Kier alpha value is -2.02. The van der Waals surface area contributed by atoms with Gasteiger partial charge in [-0.2, -0.15) is 10.2 Å². The van der Waals surface area contributed by atoms with Crippen LogP contribution in [0.2, 0.25) is 0 Å². The minimum atomic E-state index is 0.0727. The van der Waals surface area contributed by atoms with E-state index in [4.69, 9.17) is 4.74 Å². The molecule has 0 bridgehead atoms. The zero-order valence-electron chi connectivity index (χ0n) is 14.0. The van der Waals surface area contributed by atoms with Crippen molar-refractivity contribution in [2.45, 2.75) is 39.2 Å². The lowest BCUT2D eigenvalue weighted by atomic mass is 9.99. The zero-order valence-corrected chi connectivity index (χ0v) is 14.0. The van der Waals surface area contributed by atoms with Crippen molar-refractivity contribution in [1.82, 2.24) is 25.0 Å². The number of hydrogen-bond acceptors (Lipinski definition) is 6. The Kier molecular flexibility index (Phi) is 4.85. The first-order valence-corrected chi connectivity index (χ1v) is 8.28. The number of rotatable bonds is 6. The average molecular weight is 316 g/mol. The quantitative estimate of drug-likeness (QED) is 0.877. The predicted octanol–water partition coefficient (Wildman–Crippen LogP) is 1.92. The lowest BCUT2D eigenvalue weighted by molar-refractivity contribution is 0.0866. The van der Waals surface area contributed by atoms with E-state index in [1.54, 1.807) is 0 Å². The molecule has 3 rings (SSSR count). The fourth-order valence-electron chi connectivity index (χ4n) is 3.07. The van der Waals surface area contributed by atoms with Gasteiger partial charge in [-0.15, -0.1) is 5.10 Å². The molecule has 7 nitrogen and oxygen atoms in total. The number of anilines is 1. The average Bonchev–Trinajstić information content (AvgIpc) is 3.20. The highest BCUT2D eigenvalue weighted by Crippen LogP contribution is 2.34. The maximum atomic E-state index is 5.90. The molecule has 1 N–H and O–H groups in total. The zero-order chi connectivity index (χ0) is 16.2. The van der Waals surface area contributed by atoms with Crippen LogP contribution in [0.4, 0.5) is 5.95 Å². The van der Waals surface area contributed by atoms with Crippen LogP contribution < -0.4 is 5.32 Å². The molecule has 23 heavy (non-hydrogen) atoms. The molecule has 1 aliphatic heterocycles. The van der Waals surface area contributed by atoms with E-state index in [2.05, 4.69) is 39.4 Å². The third kappa shape index (κ3) is 3.34. The highest BCUT2D eigenvalue weighted by molar-refractivity contribution is 5.26. The van der Waals surface area contributed by atoms with Crippen molar-refractivity contribution in [3.63, 3.8) is 0 Å². The summed E-state index contributed by atoms with van der Waals surface area (Å²) >= 11 is 0. The highest BCUT2D eigenvalue weighted by Gasteiger charge is 2.31. The van der Waals surface area contributed by atoms with E-state index in [0.29, 0.717) is 11.9 Å². The van der Waals surface area contributed by atoms with Gasteiger partial charge in [0.1, 0.15) is 6.10 Å². The summed E-state index contributed by atoms with van der Waals surface area (Å²) in [7, 11) is 1.95. The number of aromatic nitrogens is 5. The summed E-state index contributed by atoms with van der Waals surface area (Å²) < 4.78 is 7.78. The Labute approximate surface area is 136 Å². The largest absolute Gasteiger partial charge is 0.372 e. The summed E-state index contributed by atoms with van der Waals surface area (Å²) in [6.07, 6.45) is 4.64. The van der Waals surface area contributed by atoms with Crippen molar-refractivity contribution in [1.29, 1.82) is 0 Å². The highest BCUT2D eigenvalue weighted by atomic mass is 16.5. The molecule has 0 spiro atoms. The standard InChI is InChI=1S/C16H24N6O/c1-4-12-13(5-2)20-21-16(19-12)17-10-11-7-9-23-15(11)14-6-8-18-22(14)3/h6,8,11,15H,4-5,7,9-10H2,1-3H3,(H,17,19,21)/t11-,15+/m0/s1. The molecule has 2 aromatic rings. The molecule has 0 saturated carbocycles. The molecule has 0 aromatic carbocycles. The summed E-state index contributed by atoms with van der Waals surface area (Å²) in [5, 5.41) is 16.0. The van der Waals surface area contributed by atoms with Crippen LogP contribution in [0, 0.1) is 5.92 Å². The molecule has 0 unspecified atom stereocenters. The molecule has 1 aliphatic rings. The molecule has 0 amide bonds. The van der Waals surface area contributed by atoms with E-state index >= 15 is 0 Å². The predicted molar refractivity (Wildman–Crippen MR) is 87.1 cm³/mol. The van der Waals surface area contributed by atoms with Gasteiger partial charge in [0.15, 0.2) is 0 Å². The van der Waals surface area contributed by atoms with Crippen LogP contribution >= 0.6 is 0 Å². The minimum Gasteiger partial charge on any atom is -0.372 e. The summed E-state index contributed by atoms with van der Waals surface area (Å²) in [4.78, 5) is 4.59. The molecule has 0 radical (unpaired) electrons. The Balaban J connectivity index is 1.67. The van der Waals surface area contributed by atoms with Crippen LogP contribution in [0.25, 0.3) is 0 Å². The second-order valence-electron chi connectivity index (χ2n) is 5.84. The van der Waals surface area contributed by atoms with Crippen molar-refractivity contribution >= 4 is 5.95 Å². The smallest absolute Gasteiger partial charge is 0.242 e. The lowest BCUT2D eigenvalue weighted by Gasteiger charge is -2.19. The van der Waals surface area contributed by atoms with Gasteiger partial charge < -0.3 is 10.1 Å². The summed E-state index contributed by atoms with van der Waals surface area (Å²) in [5.74, 6) is 0.986. The van der Waals surface area contributed by atoms with Crippen molar-refractivity contribution in [3.05, 3.63) is 29.3 Å². The molecule has 1 saturated heterocycles. The first-order valence-electron chi connectivity index (χ1n) is 8.28. The molecule has 3 heterocycles. The topological polar surface area (TPSA) is 77.8 Å². The van der Waals surface area contributed by atoms with E-state index in [-0.39, 0.29) is 6.10 Å². The molecule has 124 valence electrons. The maximum Gasteiger partial charge on any atom is 0.242 e. The Morgan fingerprint density at radius 3 is 2.78 bits per heavy atom. The molecule has 0 aliphatic carbocycles. The van der Waals surface area contributed by atoms with E-state index in [9.17, 15) is 0 Å². The van der Waals surface area contributed by atoms with Crippen LogP contribution in [-0.4, -0.2) is 38.1 Å². The van der Waals surface area contributed by atoms with E-state index in [1.165, 1.54) is 0 Å². The van der Waals surface area contributed by atoms with Gasteiger partial charge in [-0.3, -0.25) is 4.68 Å². The van der Waals surface area contributed by atoms with Crippen molar-refractivity contribution < 1.29 is 4.74 Å². The van der Waals surface area contributed by atoms with Gasteiger partial charge in [-0.25, -0.2) is 4.98 Å². The SMILES string of the molecule is CCc1nnc(NC[C@@H]2CCO[C@H]2c2ccnn2C)nc1CC. The second kappa shape index (κ2) is 7.04. The Bertz CT molecular complexity index is 656. The van der Waals surface area contributed by atoms with Gasteiger partial charge in [0.2, 0.25) is 5.95 Å². The monoisotopic (exact) mass is 316 g/mol. The van der Waals surface area contributed by atoms with Crippen molar-refractivity contribution in [2.75, 3.05) is 18.5 Å². The van der Waals surface area contributed by atoms with E-state index in [0.717, 1.165) is 49.5 Å². The normalized spacial score (nSPS) is 20.8. The van der Waals surface area contributed by atoms with Gasteiger partial charge in [-0.05, 0) is 25.3 Å². The van der Waals surface area contributed by atoms with Crippen molar-refractivity contribution in [2.24, 2.45) is 13.0 Å². The van der Waals surface area contributed by atoms with Gasteiger partial charge in [0.25, 0.3) is 0 Å². The van der Waals surface area contributed by atoms with Crippen LogP contribution in [-0.2, 0) is 24.6 Å². The molecular weight excluding hydrogens is 292 g/mol. The maximum absolute atomic E-state index is 5.90. The summed E-state index contributed by atoms with van der Waals surface area (Å²) in [5.41, 5.74) is 3.12. The third-order valence-corrected chi connectivity index (χ3v) is 4.40. The first-order chi connectivity index (χ1) is 11.2. The van der Waals surface area contributed by atoms with E-state index in [1.807, 2.05) is 24.0 Å². The molecular formula is C16H24N6O. The summed E-state index contributed by atoms with van der Waals surface area (Å²) in [6, 6.07) is 2.02. The van der Waals surface area contributed by atoms with Crippen LogP contribution in [0.3, 0.4) is 0 Å². The van der Waals surface area contributed by atoms with Crippen LogP contribution in [0.1, 0.15) is 43.5 Å². The Morgan fingerprint density at radius 1 is 1.26 bits per heavy atom. The molecule has 1 fully saturated rings. The number of aryl methyl sites for hydroxylation is 3. The number of ether oxygens (including phenoxy) is 1. The van der Waals surface area contributed by atoms with Crippen LogP contribution in [0.15, 0.2) is 12.3 Å². The fourth-order valence-corrected chi connectivity index (χ4v) is 3.07. The van der Waals surface area contributed by atoms with Crippen molar-refractivity contribution in [3.8, 4) is 0 Å². The fraction of sp³-hybridized carbons (Fsp3) is 0.625. The van der Waals surface area contributed by atoms with Gasteiger partial charge in [-0.1, -0.05) is 13.8 Å². The molecule has 2 atom stereocenters. The molecule has 7 heteroatoms.